The first-order valence-corrected chi connectivity index (χ1v) is 8.40. The van der Waals surface area contributed by atoms with Crippen molar-refractivity contribution >= 4 is 10.0 Å². The highest BCUT2D eigenvalue weighted by atomic mass is 32.2. The quantitative estimate of drug-likeness (QED) is 0.822. The summed E-state index contributed by atoms with van der Waals surface area (Å²) in [6.07, 6.45) is 4.24. The first kappa shape index (κ1) is 16.2. The van der Waals surface area contributed by atoms with Crippen molar-refractivity contribution in [3.63, 3.8) is 0 Å². The summed E-state index contributed by atoms with van der Waals surface area (Å²) in [7, 11) is -3.60. The van der Waals surface area contributed by atoms with Crippen LogP contribution in [0.4, 0.5) is 0 Å². The molecule has 1 aromatic heterocycles. The van der Waals surface area contributed by atoms with E-state index in [0.29, 0.717) is 30.6 Å². The topological polar surface area (TPSA) is 87.8 Å². The lowest BCUT2D eigenvalue weighted by atomic mass is 10.2. The lowest BCUT2D eigenvalue weighted by molar-refractivity contribution is 0.567. The monoisotopic (exact) mass is 318 g/mol. The normalized spacial score (nSPS) is 11.3. The Kier molecular flexibility index (Phi) is 4.96. The molecule has 1 heterocycles. The van der Waals surface area contributed by atoms with E-state index in [0.717, 1.165) is 5.82 Å². The molecular formula is C15H18N4O2S. The highest BCUT2D eigenvalue weighted by Crippen LogP contribution is 2.16. The van der Waals surface area contributed by atoms with Crippen LogP contribution in [0.5, 0.6) is 0 Å². The summed E-state index contributed by atoms with van der Waals surface area (Å²) in [5.41, 5.74) is 0.956. The van der Waals surface area contributed by atoms with Crippen LogP contribution in [0.3, 0.4) is 0 Å². The maximum atomic E-state index is 12.3. The van der Waals surface area contributed by atoms with Crippen molar-refractivity contribution in [1.29, 1.82) is 5.26 Å². The predicted octanol–water partition coefficient (Wildman–Crippen LogP) is 1.74. The molecule has 0 aliphatic heterocycles. The van der Waals surface area contributed by atoms with E-state index in [1.165, 1.54) is 6.07 Å². The fourth-order valence-corrected chi connectivity index (χ4v) is 3.48. The summed E-state index contributed by atoms with van der Waals surface area (Å²) in [6.45, 7) is 4.65. The second-order valence-electron chi connectivity index (χ2n) is 5.01. The van der Waals surface area contributed by atoms with Crippen LogP contribution in [0, 0.1) is 25.2 Å². The van der Waals surface area contributed by atoms with Crippen molar-refractivity contribution in [3.05, 3.63) is 47.5 Å². The maximum Gasteiger partial charge on any atom is 0.240 e. The van der Waals surface area contributed by atoms with Crippen molar-refractivity contribution in [2.45, 2.75) is 31.7 Å². The summed E-state index contributed by atoms with van der Waals surface area (Å²) in [5, 5.41) is 8.89. The minimum Gasteiger partial charge on any atom is -0.335 e. The molecule has 1 aromatic carbocycles. The van der Waals surface area contributed by atoms with Crippen LogP contribution in [0.1, 0.15) is 23.4 Å². The Morgan fingerprint density at radius 3 is 2.77 bits per heavy atom. The zero-order chi connectivity index (χ0) is 16.2. The third-order valence-electron chi connectivity index (χ3n) is 3.40. The Hall–Kier alpha value is -2.17. The average molecular weight is 318 g/mol. The van der Waals surface area contributed by atoms with Crippen LogP contribution in [0.15, 0.2) is 35.5 Å². The smallest absolute Gasteiger partial charge is 0.240 e. The number of nitrogens with zero attached hydrogens (tertiary/aromatic N) is 3. The van der Waals surface area contributed by atoms with Crippen LogP contribution in [-0.4, -0.2) is 24.5 Å². The molecule has 2 rings (SSSR count). The number of imidazole rings is 1. The van der Waals surface area contributed by atoms with Crippen molar-refractivity contribution < 1.29 is 8.42 Å². The molecule has 1 N–H and O–H groups in total. The van der Waals surface area contributed by atoms with Crippen molar-refractivity contribution in [3.8, 4) is 6.07 Å². The second-order valence-corrected chi connectivity index (χ2v) is 6.75. The van der Waals surface area contributed by atoms with Gasteiger partial charge in [0.15, 0.2) is 0 Å². The van der Waals surface area contributed by atoms with Gasteiger partial charge in [-0.05, 0) is 38.0 Å². The Labute approximate surface area is 130 Å². The van der Waals surface area contributed by atoms with Crippen molar-refractivity contribution in [2.24, 2.45) is 0 Å². The van der Waals surface area contributed by atoms with Gasteiger partial charge in [-0.2, -0.15) is 5.26 Å². The molecule has 0 atom stereocenters. The molecule has 0 saturated heterocycles. The average Bonchev–Trinajstić information content (AvgIpc) is 2.89. The van der Waals surface area contributed by atoms with Crippen molar-refractivity contribution in [2.75, 3.05) is 6.54 Å². The van der Waals surface area contributed by atoms with Gasteiger partial charge in [-0.1, -0.05) is 6.07 Å². The van der Waals surface area contributed by atoms with Gasteiger partial charge >= 0.3 is 0 Å². The molecule has 0 saturated carbocycles. The number of sulfonamides is 1. The third-order valence-corrected chi connectivity index (χ3v) is 5.00. The van der Waals surface area contributed by atoms with Gasteiger partial charge in [0.2, 0.25) is 10.0 Å². The molecule has 0 bridgehead atoms. The summed E-state index contributed by atoms with van der Waals surface area (Å²) >= 11 is 0. The molecule has 7 heteroatoms. The summed E-state index contributed by atoms with van der Waals surface area (Å²) < 4.78 is 29.2. The van der Waals surface area contributed by atoms with Crippen LogP contribution in [-0.2, 0) is 16.6 Å². The van der Waals surface area contributed by atoms with Gasteiger partial charge in [0, 0.05) is 25.5 Å². The zero-order valence-electron chi connectivity index (χ0n) is 12.6. The molecular weight excluding hydrogens is 300 g/mol. The highest BCUT2D eigenvalue weighted by molar-refractivity contribution is 7.89. The SMILES string of the molecule is Cc1ccc(C#N)cc1S(=O)(=O)NCCCn1ccnc1C. The van der Waals surface area contributed by atoms with Gasteiger partial charge in [0.25, 0.3) is 0 Å². The van der Waals surface area contributed by atoms with E-state index in [4.69, 9.17) is 5.26 Å². The zero-order valence-corrected chi connectivity index (χ0v) is 13.4. The molecule has 0 unspecified atom stereocenters. The van der Waals surface area contributed by atoms with Crippen LogP contribution in [0.2, 0.25) is 0 Å². The third kappa shape index (κ3) is 3.72. The summed E-state index contributed by atoms with van der Waals surface area (Å²) in [4.78, 5) is 4.27. The van der Waals surface area contributed by atoms with Crippen LogP contribution >= 0.6 is 0 Å². The molecule has 2 aromatic rings. The van der Waals surface area contributed by atoms with E-state index >= 15 is 0 Å². The van der Waals surface area contributed by atoms with Gasteiger partial charge in [-0.3, -0.25) is 0 Å². The van der Waals surface area contributed by atoms with E-state index in [1.807, 2.05) is 23.8 Å². The summed E-state index contributed by atoms with van der Waals surface area (Å²) in [6, 6.07) is 6.60. The Morgan fingerprint density at radius 1 is 1.36 bits per heavy atom. The Bertz CT molecular complexity index is 803. The molecule has 6 nitrogen and oxygen atoms in total. The van der Waals surface area contributed by atoms with Crippen LogP contribution < -0.4 is 4.72 Å². The number of aryl methyl sites for hydroxylation is 3. The minimum absolute atomic E-state index is 0.158. The maximum absolute atomic E-state index is 12.3. The number of nitriles is 1. The number of benzene rings is 1. The number of nitrogens with one attached hydrogen (secondary N) is 1. The molecule has 0 aliphatic rings. The van der Waals surface area contributed by atoms with Gasteiger partial charge < -0.3 is 4.57 Å². The number of rotatable bonds is 6. The highest BCUT2D eigenvalue weighted by Gasteiger charge is 2.16. The molecule has 0 fully saturated rings. The lowest BCUT2D eigenvalue weighted by Crippen LogP contribution is -2.26. The summed E-state index contributed by atoms with van der Waals surface area (Å²) in [5.74, 6) is 0.903. The van der Waals surface area contributed by atoms with E-state index in [-0.39, 0.29) is 4.90 Å². The van der Waals surface area contributed by atoms with E-state index in [9.17, 15) is 8.42 Å². The fraction of sp³-hybridized carbons (Fsp3) is 0.333. The first-order valence-electron chi connectivity index (χ1n) is 6.92. The second kappa shape index (κ2) is 6.73. The van der Waals surface area contributed by atoms with Gasteiger partial charge in [-0.25, -0.2) is 18.1 Å². The van der Waals surface area contributed by atoms with Gasteiger partial charge in [-0.15, -0.1) is 0 Å². The van der Waals surface area contributed by atoms with E-state index in [2.05, 4.69) is 9.71 Å². The van der Waals surface area contributed by atoms with E-state index in [1.54, 1.807) is 25.3 Å². The number of aromatic nitrogens is 2. The first-order chi connectivity index (χ1) is 10.4. The van der Waals surface area contributed by atoms with Crippen molar-refractivity contribution in [1.82, 2.24) is 14.3 Å². The van der Waals surface area contributed by atoms with Crippen LogP contribution in [0.25, 0.3) is 0 Å². The fourth-order valence-electron chi connectivity index (χ4n) is 2.13. The molecule has 0 amide bonds. The minimum atomic E-state index is -3.60. The number of hydrogen-bond donors (Lipinski definition) is 1. The number of hydrogen-bond acceptors (Lipinski definition) is 4. The Balaban J connectivity index is 2.00. The van der Waals surface area contributed by atoms with Gasteiger partial charge in [0.1, 0.15) is 5.82 Å². The molecule has 22 heavy (non-hydrogen) atoms. The molecule has 0 aliphatic carbocycles. The standard InChI is InChI=1S/C15H18N4O2S/c1-12-4-5-14(11-16)10-15(12)22(20,21)18-6-3-8-19-9-7-17-13(19)2/h4-5,7,9-10,18H,3,6,8H2,1-2H3. The lowest BCUT2D eigenvalue weighted by Gasteiger charge is -2.10. The molecule has 116 valence electrons. The largest absolute Gasteiger partial charge is 0.335 e. The van der Waals surface area contributed by atoms with E-state index < -0.39 is 10.0 Å². The molecule has 0 spiro atoms. The Morgan fingerprint density at radius 2 is 2.14 bits per heavy atom. The van der Waals surface area contributed by atoms with Gasteiger partial charge in [0.05, 0.1) is 16.5 Å². The predicted molar refractivity (Wildman–Crippen MR) is 82.7 cm³/mol. The molecule has 0 radical (unpaired) electrons.